The van der Waals surface area contributed by atoms with E-state index in [4.69, 9.17) is 12.3 Å². The highest BCUT2D eigenvalue weighted by Gasteiger charge is 2.07. The molecule has 0 saturated heterocycles. The van der Waals surface area contributed by atoms with Gasteiger partial charge in [-0.05, 0) is 60.5 Å². The highest BCUT2D eigenvalue weighted by molar-refractivity contribution is 5.75. The SMILES string of the molecule is [2H]C([2H])([2H])c1ccc(-c2cccc(-c3c(C([2H])([2H])[2H])cccc3C([2H])([2H])[2H])c2)nc1. The summed E-state index contributed by atoms with van der Waals surface area (Å²) in [5.41, 5.74) is 1.72. The Kier molecular flexibility index (Phi) is 1.73. The van der Waals surface area contributed by atoms with Crippen molar-refractivity contribution >= 4 is 0 Å². The average Bonchev–Trinajstić information content (AvgIpc) is 2.65. The summed E-state index contributed by atoms with van der Waals surface area (Å²) in [6, 6.07) is 14.0. The van der Waals surface area contributed by atoms with Crippen LogP contribution in [0.15, 0.2) is 60.8 Å². The number of hydrogen-bond donors (Lipinski definition) is 0. The van der Waals surface area contributed by atoms with Gasteiger partial charge < -0.3 is 0 Å². The lowest BCUT2D eigenvalue weighted by atomic mass is 9.94. The minimum atomic E-state index is -2.49. The molecule has 0 aliphatic carbocycles. The van der Waals surface area contributed by atoms with Crippen molar-refractivity contribution in [3.63, 3.8) is 0 Å². The van der Waals surface area contributed by atoms with Crippen LogP contribution in [0.2, 0.25) is 0 Å². The molecule has 0 N–H and O–H groups in total. The fourth-order valence-electron chi connectivity index (χ4n) is 2.26. The molecule has 0 bridgehead atoms. The summed E-state index contributed by atoms with van der Waals surface area (Å²) in [5.74, 6) is 0. The van der Waals surface area contributed by atoms with Crippen LogP contribution in [0, 0.1) is 20.6 Å². The van der Waals surface area contributed by atoms with Gasteiger partial charge in [0.25, 0.3) is 0 Å². The normalized spacial score (nSPS) is 18.8. The number of rotatable bonds is 2. The Morgan fingerprint density at radius 1 is 0.810 bits per heavy atom. The van der Waals surface area contributed by atoms with E-state index >= 15 is 0 Å². The van der Waals surface area contributed by atoms with E-state index in [-0.39, 0.29) is 22.3 Å². The molecule has 0 unspecified atom stereocenters. The van der Waals surface area contributed by atoms with Crippen molar-refractivity contribution < 1.29 is 12.3 Å². The zero-order chi connectivity index (χ0) is 22.3. The molecule has 1 heteroatoms. The van der Waals surface area contributed by atoms with E-state index in [1.807, 2.05) is 0 Å². The van der Waals surface area contributed by atoms with Gasteiger partial charge in [-0.15, -0.1) is 0 Å². The summed E-state index contributed by atoms with van der Waals surface area (Å²) < 4.78 is 69.4. The van der Waals surface area contributed by atoms with Gasteiger partial charge in [0, 0.05) is 24.1 Å². The number of aryl methyl sites for hydroxylation is 3. The molecule has 0 aliphatic rings. The Balaban J connectivity index is 2.17. The first-order valence-electron chi connectivity index (χ1n) is 11.0. The summed E-state index contributed by atoms with van der Waals surface area (Å²) in [5, 5.41) is 0. The van der Waals surface area contributed by atoms with E-state index in [0.29, 0.717) is 16.8 Å². The maximum atomic E-state index is 7.85. The lowest BCUT2D eigenvalue weighted by Crippen LogP contribution is -1.89. The molecule has 21 heavy (non-hydrogen) atoms. The number of nitrogens with zero attached hydrogens (tertiary/aromatic N) is 1. The molecule has 0 radical (unpaired) electrons. The van der Waals surface area contributed by atoms with E-state index in [1.54, 1.807) is 30.3 Å². The lowest BCUT2D eigenvalue weighted by Gasteiger charge is -2.11. The van der Waals surface area contributed by atoms with Crippen LogP contribution in [0.3, 0.4) is 0 Å². The molecule has 1 aromatic heterocycles. The number of hydrogen-bond acceptors (Lipinski definition) is 1. The van der Waals surface area contributed by atoms with Gasteiger partial charge in [-0.2, -0.15) is 0 Å². The summed E-state index contributed by atoms with van der Waals surface area (Å²) in [6.45, 7) is -7.25. The summed E-state index contributed by atoms with van der Waals surface area (Å²) in [4.78, 5) is 4.21. The van der Waals surface area contributed by atoms with Crippen LogP contribution in [0.25, 0.3) is 22.4 Å². The fourth-order valence-corrected chi connectivity index (χ4v) is 2.26. The van der Waals surface area contributed by atoms with Crippen molar-refractivity contribution in [2.45, 2.75) is 20.6 Å². The third-order valence-electron chi connectivity index (χ3n) is 3.27. The predicted molar refractivity (Wildman–Crippen MR) is 89.3 cm³/mol. The Bertz CT molecular complexity index is 1010. The van der Waals surface area contributed by atoms with Gasteiger partial charge in [-0.1, -0.05) is 42.5 Å². The van der Waals surface area contributed by atoms with Gasteiger partial charge in [0.1, 0.15) is 0 Å². The average molecular weight is 282 g/mol. The molecule has 3 aromatic rings. The van der Waals surface area contributed by atoms with Gasteiger partial charge in [0.05, 0.1) is 5.69 Å². The topological polar surface area (TPSA) is 12.9 Å². The van der Waals surface area contributed by atoms with E-state index in [9.17, 15) is 0 Å². The van der Waals surface area contributed by atoms with E-state index in [1.165, 1.54) is 30.5 Å². The Morgan fingerprint density at radius 2 is 1.57 bits per heavy atom. The first-order valence-corrected chi connectivity index (χ1v) is 6.50. The van der Waals surface area contributed by atoms with Gasteiger partial charge in [-0.3, -0.25) is 4.98 Å². The van der Waals surface area contributed by atoms with Gasteiger partial charge in [0.15, 0.2) is 0 Å². The molecule has 1 heterocycles. The number of pyridine rings is 1. The van der Waals surface area contributed by atoms with Crippen molar-refractivity contribution in [1.82, 2.24) is 4.98 Å². The predicted octanol–water partition coefficient (Wildman–Crippen LogP) is 5.34. The molecule has 0 saturated carbocycles. The largest absolute Gasteiger partial charge is 0.256 e. The first kappa shape index (κ1) is 6.57. The second-order valence-corrected chi connectivity index (χ2v) is 4.74. The first-order chi connectivity index (χ1) is 13.8. The molecular weight excluding hydrogens is 254 g/mol. The van der Waals surface area contributed by atoms with Crippen LogP contribution < -0.4 is 0 Å². The molecule has 0 aliphatic heterocycles. The number of aromatic nitrogens is 1. The molecule has 1 nitrogen and oxygen atoms in total. The summed E-state index contributed by atoms with van der Waals surface area (Å²) in [6.07, 6.45) is 1.28. The van der Waals surface area contributed by atoms with Crippen molar-refractivity contribution in [1.29, 1.82) is 0 Å². The fraction of sp³-hybridized carbons (Fsp3) is 0.150. The quantitative estimate of drug-likeness (QED) is 0.618. The summed E-state index contributed by atoms with van der Waals surface area (Å²) in [7, 11) is 0. The molecule has 0 atom stereocenters. The third-order valence-corrected chi connectivity index (χ3v) is 3.27. The second kappa shape index (κ2) is 5.53. The maximum absolute atomic E-state index is 7.85. The molecule has 0 spiro atoms. The minimum absolute atomic E-state index is 0.0426. The van der Waals surface area contributed by atoms with Crippen LogP contribution in [0.4, 0.5) is 0 Å². The van der Waals surface area contributed by atoms with Crippen molar-refractivity contribution in [2.75, 3.05) is 0 Å². The second-order valence-electron chi connectivity index (χ2n) is 4.74. The van der Waals surface area contributed by atoms with Crippen LogP contribution in [0.1, 0.15) is 29.0 Å². The molecule has 0 fully saturated rings. The molecule has 104 valence electrons. The van der Waals surface area contributed by atoms with Gasteiger partial charge >= 0.3 is 0 Å². The summed E-state index contributed by atoms with van der Waals surface area (Å²) >= 11 is 0. The van der Waals surface area contributed by atoms with E-state index < -0.39 is 20.6 Å². The Labute approximate surface area is 139 Å². The monoisotopic (exact) mass is 282 g/mol. The zero-order valence-electron chi connectivity index (χ0n) is 20.2. The van der Waals surface area contributed by atoms with E-state index in [2.05, 4.69) is 4.98 Å². The molecule has 0 amide bonds. The molecule has 3 rings (SSSR count). The van der Waals surface area contributed by atoms with Crippen LogP contribution >= 0.6 is 0 Å². The highest BCUT2D eigenvalue weighted by atomic mass is 14.7. The minimum Gasteiger partial charge on any atom is -0.256 e. The standard InChI is InChI=1S/C20H19N/c1-14-10-11-19(21-13-14)17-8-5-9-18(12-17)20-15(2)6-4-7-16(20)3/h4-13H,1-3H3/i1D3,2D3,3D3. The lowest BCUT2D eigenvalue weighted by molar-refractivity contribution is 1.27. The van der Waals surface area contributed by atoms with Gasteiger partial charge in [0.2, 0.25) is 0 Å². The highest BCUT2D eigenvalue weighted by Crippen LogP contribution is 2.30. The van der Waals surface area contributed by atoms with Crippen molar-refractivity contribution in [2.24, 2.45) is 0 Å². The van der Waals surface area contributed by atoms with Crippen LogP contribution in [-0.4, -0.2) is 4.98 Å². The number of benzene rings is 2. The Hall–Kier alpha value is -2.41. The van der Waals surface area contributed by atoms with E-state index in [0.717, 1.165) is 0 Å². The third kappa shape index (κ3) is 2.73. The zero-order valence-corrected chi connectivity index (χ0v) is 11.2. The van der Waals surface area contributed by atoms with Crippen molar-refractivity contribution in [3.05, 3.63) is 77.5 Å². The van der Waals surface area contributed by atoms with Crippen molar-refractivity contribution in [3.8, 4) is 22.4 Å². The van der Waals surface area contributed by atoms with Crippen LogP contribution in [0.5, 0.6) is 0 Å². The molecule has 2 aromatic carbocycles. The van der Waals surface area contributed by atoms with Gasteiger partial charge in [-0.25, -0.2) is 0 Å². The molecular formula is C20H19N. The Morgan fingerprint density at radius 3 is 2.24 bits per heavy atom. The van der Waals surface area contributed by atoms with Crippen LogP contribution in [-0.2, 0) is 0 Å². The smallest absolute Gasteiger partial charge is 0.0702 e. The maximum Gasteiger partial charge on any atom is 0.0702 e.